The van der Waals surface area contributed by atoms with Crippen molar-refractivity contribution in [3.8, 4) is 5.75 Å². The van der Waals surface area contributed by atoms with E-state index in [0.29, 0.717) is 21.8 Å². The third-order valence-electron chi connectivity index (χ3n) is 4.96. The van der Waals surface area contributed by atoms with Crippen LogP contribution in [0, 0.1) is 13.8 Å². The molecule has 4 aromatic carbocycles. The second kappa shape index (κ2) is 8.58. The number of nitrogens with zero attached hydrogens (tertiary/aromatic N) is 2. The molecule has 6 heteroatoms. The molecule has 0 saturated carbocycles. The molecule has 0 aliphatic carbocycles. The number of anilines is 1. The van der Waals surface area contributed by atoms with Crippen LogP contribution < -0.4 is 5.32 Å². The van der Waals surface area contributed by atoms with E-state index < -0.39 is 5.91 Å². The number of phenols is 1. The number of carbonyl (C=O) groups is 1. The second-order valence-corrected chi connectivity index (χ2v) is 7.73. The average Bonchev–Trinajstić information content (AvgIpc) is 2.76. The molecule has 31 heavy (non-hydrogen) atoms. The molecule has 0 atom stereocenters. The molecule has 0 heterocycles. The van der Waals surface area contributed by atoms with Crippen molar-refractivity contribution >= 4 is 45.3 Å². The number of azo groups is 1. The molecule has 5 nitrogen and oxygen atoms in total. The number of carbonyl (C=O) groups excluding carboxylic acids is 1. The average molecular weight is 430 g/mol. The summed E-state index contributed by atoms with van der Waals surface area (Å²) in [6.07, 6.45) is 0. The van der Waals surface area contributed by atoms with Crippen LogP contribution in [-0.2, 0) is 0 Å². The van der Waals surface area contributed by atoms with Crippen molar-refractivity contribution in [1.82, 2.24) is 0 Å². The van der Waals surface area contributed by atoms with Gasteiger partial charge in [-0.15, -0.1) is 5.11 Å². The molecule has 0 aliphatic rings. The van der Waals surface area contributed by atoms with E-state index in [1.807, 2.05) is 56.3 Å². The molecule has 0 saturated heterocycles. The number of aromatic hydroxyl groups is 1. The first-order chi connectivity index (χ1) is 14.9. The zero-order chi connectivity index (χ0) is 22.0. The van der Waals surface area contributed by atoms with Gasteiger partial charge in [0.1, 0.15) is 5.69 Å². The minimum absolute atomic E-state index is 0.114. The molecule has 4 aromatic rings. The maximum Gasteiger partial charge on any atom is 0.259 e. The highest BCUT2D eigenvalue weighted by molar-refractivity contribution is 6.30. The molecule has 0 spiro atoms. The van der Waals surface area contributed by atoms with Crippen molar-refractivity contribution in [2.75, 3.05) is 5.32 Å². The third kappa shape index (κ3) is 4.42. The van der Waals surface area contributed by atoms with Gasteiger partial charge in [0, 0.05) is 16.1 Å². The van der Waals surface area contributed by atoms with Gasteiger partial charge in [-0.25, -0.2) is 0 Å². The number of benzene rings is 4. The Morgan fingerprint density at radius 1 is 0.935 bits per heavy atom. The molecule has 1 amide bonds. The van der Waals surface area contributed by atoms with E-state index in [1.165, 1.54) is 0 Å². The Morgan fingerprint density at radius 3 is 2.45 bits per heavy atom. The van der Waals surface area contributed by atoms with Gasteiger partial charge >= 0.3 is 0 Å². The smallest absolute Gasteiger partial charge is 0.259 e. The summed E-state index contributed by atoms with van der Waals surface area (Å²) in [6.45, 7) is 3.93. The van der Waals surface area contributed by atoms with E-state index in [2.05, 4.69) is 15.5 Å². The van der Waals surface area contributed by atoms with Crippen molar-refractivity contribution in [2.24, 2.45) is 10.2 Å². The van der Waals surface area contributed by atoms with Gasteiger partial charge in [0.05, 0.1) is 11.3 Å². The van der Waals surface area contributed by atoms with Crippen LogP contribution in [0.2, 0.25) is 5.02 Å². The largest absolute Gasteiger partial charge is 0.505 e. The highest BCUT2D eigenvalue weighted by atomic mass is 35.5. The number of amides is 1. The fraction of sp³-hybridized carbons (Fsp3) is 0.0800. The number of rotatable bonds is 4. The van der Waals surface area contributed by atoms with Crippen LogP contribution >= 0.6 is 11.6 Å². The minimum atomic E-state index is -0.450. The zero-order valence-corrected chi connectivity index (χ0v) is 17.8. The highest BCUT2D eigenvalue weighted by Gasteiger charge is 2.18. The van der Waals surface area contributed by atoms with Gasteiger partial charge in [0.2, 0.25) is 0 Å². The Bertz CT molecular complexity index is 1310. The van der Waals surface area contributed by atoms with Gasteiger partial charge in [0.25, 0.3) is 5.91 Å². The first-order valence-electron chi connectivity index (χ1n) is 9.73. The lowest BCUT2D eigenvalue weighted by Crippen LogP contribution is -2.12. The lowest BCUT2D eigenvalue weighted by molar-refractivity contribution is 0.102. The van der Waals surface area contributed by atoms with Crippen LogP contribution in [0.15, 0.2) is 83.0 Å². The summed E-state index contributed by atoms with van der Waals surface area (Å²) in [7, 11) is 0. The lowest BCUT2D eigenvalue weighted by Gasteiger charge is -2.11. The first-order valence-corrected chi connectivity index (χ1v) is 10.1. The molecule has 0 aliphatic heterocycles. The summed E-state index contributed by atoms with van der Waals surface area (Å²) < 4.78 is 0. The number of hydrogen-bond acceptors (Lipinski definition) is 4. The molecule has 0 fully saturated rings. The van der Waals surface area contributed by atoms with E-state index in [4.69, 9.17) is 11.6 Å². The SMILES string of the molecule is Cc1ccc(C)c(N=Nc2c(O)c(C(=O)Nc3ccc(Cl)cc3)cc3ccccc23)c1. The summed E-state index contributed by atoms with van der Waals surface area (Å²) in [6, 6.07) is 21.7. The number of phenolic OH excluding ortho intramolecular Hbond substituents is 1. The first kappa shape index (κ1) is 20.6. The normalized spacial score (nSPS) is 11.2. The summed E-state index contributed by atoms with van der Waals surface area (Å²) >= 11 is 5.91. The van der Waals surface area contributed by atoms with Gasteiger partial charge < -0.3 is 10.4 Å². The lowest BCUT2D eigenvalue weighted by atomic mass is 10.0. The standard InChI is InChI=1S/C25H20ClN3O2/c1-15-7-8-16(2)22(13-15)28-29-23-20-6-4-3-5-17(20)14-21(24(23)30)25(31)27-19-11-9-18(26)10-12-19/h3-14,30H,1-2H3,(H,27,31). The van der Waals surface area contributed by atoms with Crippen LogP contribution in [0.5, 0.6) is 5.75 Å². The molecule has 0 aromatic heterocycles. The molecule has 0 radical (unpaired) electrons. The summed E-state index contributed by atoms with van der Waals surface area (Å²) in [5.41, 5.74) is 3.67. The number of hydrogen-bond donors (Lipinski definition) is 2. The van der Waals surface area contributed by atoms with Gasteiger partial charge in [0.15, 0.2) is 5.75 Å². The molecule has 0 unspecified atom stereocenters. The van der Waals surface area contributed by atoms with Gasteiger partial charge in [-0.05, 0) is 66.8 Å². The van der Waals surface area contributed by atoms with Crippen LogP contribution in [-0.4, -0.2) is 11.0 Å². The quantitative estimate of drug-likeness (QED) is 0.330. The van der Waals surface area contributed by atoms with Crippen LogP contribution in [0.1, 0.15) is 21.5 Å². The second-order valence-electron chi connectivity index (χ2n) is 7.29. The number of nitrogens with one attached hydrogen (secondary N) is 1. The van der Waals surface area contributed by atoms with Crippen molar-refractivity contribution in [3.63, 3.8) is 0 Å². The van der Waals surface area contributed by atoms with Gasteiger partial charge in [-0.1, -0.05) is 48.0 Å². The fourth-order valence-corrected chi connectivity index (χ4v) is 3.38. The molecular weight excluding hydrogens is 410 g/mol. The molecule has 154 valence electrons. The van der Waals surface area contributed by atoms with Crippen molar-refractivity contribution in [2.45, 2.75) is 13.8 Å². The number of aryl methyl sites for hydroxylation is 2. The molecule has 4 rings (SSSR count). The Morgan fingerprint density at radius 2 is 1.68 bits per heavy atom. The Balaban J connectivity index is 1.78. The maximum absolute atomic E-state index is 12.9. The van der Waals surface area contributed by atoms with E-state index in [9.17, 15) is 9.90 Å². The Hall–Kier alpha value is -3.70. The zero-order valence-electron chi connectivity index (χ0n) is 17.1. The van der Waals surface area contributed by atoms with Crippen LogP contribution in [0.25, 0.3) is 10.8 Å². The predicted octanol–water partition coefficient (Wildman–Crippen LogP) is 7.48. The molecular formula is C25H20ClN3O2. The Labute approximate surface area is 185 Å². The monoisotopic (exact) mass is 429 g/mol. The topological polar surface area (TPSA) is 74.0 Å². The number of halogens is 1. The fourth-order valence-electron chi connectivity index (χ4n) is 3.25. The third-order valence-corrected chi connectivity index (χ3v) is 5.22. The number of fused-ring (bicyclic) bond motifs is 1. The van der Waals surface area contributed by atoms with Crippen molar-refractivity contribution in [1.29, 1.82) is 0 Å². The van der Waals surface area contributed by atoms with Crippen molar-refractivity contribution < 1.29 is 9.90 Å². The molecule has 2 N–H and O–H groups in total. The summed E-state index contributed by atoms with van der Waals surface area (Å²) in [5.74, 6) is -0.673. The predicted molar refractivity (Wildman–Crippen MR) is 125 cm³/mol. The van der Waals surface area contributed by atoms with Crippen LogP contribution in [0.4, 0.5) is 17.1 Å². The molecule has 0 bridgehead atoms. The summed E-state index contributed by atoms with van der Waals surface area (Å²) in [5, 5.41) is 24.5. The summed E-state index contributed by atoms with van der Waals surface area (Å²) in [4.78, 5) is 12.9. The van der Waals surface area contributed by atoms with E-state index in [1.54, 1.807) is 30.3 Å². The van der Waals surface area contributed by atoms with E-state index in [0.717, 1.165) is 16.5 Å². The van der Waals surface area contributed by atoms with Crippen LogP contribution in [0.3, 0.4) is 0 Å². The minimum Gasteiger partial charge on any atom is -0.505 e. The van der Waals surface area contributed by atoms with E-state index >= 15 is 0 Å². The van der Waals surface area contributed by atoms with Crippen molar-refractivity contribution in [3.05, 3.63) is 94.5 Å². The highest BCUT2D eigenvalue weighted by Crippen LogP contribution is 2.40. The van der Waals surface area contributed by atoms with Gasteiger partial charge in [-0.3, -0.25) is 4.79 Å². The Kier molecular flexibility index (Phi) is 5.69. The maximum atomic E-state index is 12.9. The van der Waals surface area contributed by atoms with E-state index in [-0.39, 0.29) is 17.0 Å². The van der Waals surface area contributed by atoms with Gasteiger partial charge in [-0.2, -0.15) is 5.11 Å².